The summed E-state index contributed by atoms with van der Waals surface area (Å²) in [5, 5.41) is 0. The van der Waals surface area contributed by atoms with E-state index in [0.29, 0.717) is 18.4 Å². The van der Waals surface area contributed by atoms with Gasteiger partial charge in [-0.05, 0) is 30.0 Å². The van der Waals surface area contributed by atoms with Gasteiger partial charge in [-0.15, -0.1) is 0 Å². The van der Waals surface area contributed by atoms with Gasteiger partial charge in [-0.25, -0.2) is 0 Å². The smallest absolute Gasteiger partial charge is 0.123 e. The molecule has 1 aromatic rings. The molecular weight excluding hydrogens is 238 g/mol. The number of nitrogens with two attached hydrogens (primary N) is 1. The molecule has 0 aliphatic carbocycles. The lowest BCUT2D eigenvalue weighted by Crippen LogP contribution is -2.53. The standard InChI is InChI=1S/C16H25NO2/c1-11(2)13-5-6-14(15(7-13)18-4)16(9-19-10-16)12(3)8-17/h5-7,11-12H,8-10,17H2,1-4H3. The fraction of sp³-hybridized carbons (Fsp3) is 0.625. The summed E-state index contributed by atoms with van der Waals surface area (Å²) in [6, 6.07) is 6.55. The molecule has 0 bridgehead atoms. The van der Waals surface area contributed by atoms with Crippen LogP contribution < -0.4 is 10.5 Å². The highest BCUT2D eigenvalue weighted by Crippen LogP contribution is 2.44. The summed E-state index contributed by atoms with van der Waals surface area (Å²) in [5.41, 5.74) is 8.44. The maximum atomic E-state index is 5.88. The SMILES string of the molecule is COc1cc(C(C)C)ccc1C1(C(C)CN)COC1. The van der Waals surface area contributed by atoms with E-state index in [9.17, 15) is 0 Å². The van der Waals surface area contributed by atoms with Crippen molar-refractivity contribution in [2.24, 2.45) is 11.7 Å². The maximum Gasteiger partial charge on any atom is 0.123 e. The Kier molecular flexibility index (Phi) is 4.16. The molecule has 1 atom stereocenters. The van der Waals surface area contributed by atoms with Crippen molar-refractivity contribution in [3.8, 4) is 5.75 Å². The predicted molar refractivity (Wildman–Crippen MR) is 77.8 cm³/mol. The van der Waals surface area contributed by atoms with E-state index in [1.807, 2.05) is 0 Å². The number of hydrogen-bond acceptors (Lipinski definition) is 3. The van der Waals surface area contributed by atoms with Crippen LogP contribution in [0.5, 0.6) is 5.75 Å². The predicted octanol–water partition coefficient (Wildman–Crippen LogP) is 2.68. The van der Waals surface area contributed by atoms with Crippen LogP contribution in [-0.2, 0) is 10.2 Å². The highest BCUT2D eigenvalue weighted by Gasteiger charge is 2.46. The molecule has 0 radical (unpaired) electrons. The Labute approximate surface area is 116 Å². The van der Waals surface area contributed by atoms with Gasteiger partial charge >= 0.3 is 0 Å². The summed E-state index contributed by atoms with van der Waals surface area (Å²) in [4.78, 5) is 0. The minimum absolute atomic E-state index is 0.0234. The summed E-state index contributed by atoms with van der Waals surface area (Å²) < 4.78 is 11.1. The molecule has 19 heavy (non-hydrogen) atoms. The van der Waals surface area contributed by atoms with Gasteiger partial charge in [0.2, 0.25) is 0 Å². The monoisotopic (exact) mass is 263 g/mol. The van der Waals surface area contributed by atoms with E-state index >= 15 is 0 Å². The van der Waals surface area contributed by atoms with Crippen LogP contribution in [0, 0.1) is 5.92 Å². The van der Waals surface area contributed by atoms with Crippen LogP contribution >= 0.6 is 0 Å². The molecule has 0 saturated carbocycles. The molecule has 1 heterocycles. The van der Waals surface area contributed by atoms with Crippen molar-refractivity contribution < 1.29 is 9.47 Å². The van der Waals surface area contributed by atoms with Gasteiger partial charge in [-0.2, -0.15) is 0 Å². The average molecular weight is 263 g/mol. The largest absolute Gasteiger partial charge is 0.496 e. The van der Waals surface area contributed by atoms with E-state index in [4.69, 9.17) is 15.2 Å². The van der Waals surface area contributed by atoms with Crippen LogP contribution in [0.15, 0.2) is 18.2 Å². The third kappa shape index (κ3) is 2.37. The first kappa shape index (κ1) is 14.4. The molecular formula is C16H25NO2. The lowest BCUT2D eigenvalue weighted by atomic mass is 9.68. The second-order valence-electron chi connectivity index (χ2n) is 5.90. The van der Waals surface area contributed by atoms with Crippen LogP contribution in [0.1, 0.15) is 37.8 Å². The van der Waals surface area contributed by atoms with Gasteiger partial charge in [0.05, 0.1) is 20.3 Å². The fourth-order valence-electron chi connectivity index (χ4n) is 2.73. The number of ether oxygens (including phenoxy) is 2. The molecule has 0 amide bonds. The summed E-state index contributed by atoms with van der Waals surface area (Å²) in [6.45, 7) is 8.72. The third-order valence-electron chi connectivity index (χ3n) is 4.44. The first-order valence-corrected chi connectivity index (χ1v) is 7.01. The minimum atomic E-state index is 0.0234. The lowest BCUT2D eigenvalue weighted by Gasteiger charge is -2.46. The molecule has 0 spiro atoms. The number of rotatable bonds is 5. The Bertz CT molecular complexity index is 438. The molecule has 1 fully saturated rings. The van der Waals surface area contributed by atoms with Crippen LogP contribution in [0.3, 0.4) is 0 Å². The molecule has 3 heteroatoms. The van der Waals surface area contributed by atoms with Crippen molar-refractivity contribution in [3.05, 3.63) is 29.3 Å². The third-order valence-corrected chi connectivity index (χ3v) is 4.44. The highest BCUT2D eigenvalue weighted by molar-refractivity contribution is 5.45. The molecule has 3 nitrogen and oxygen atoms in total. The number of methoxy groups -OCH3 is 1. The fourth-order valence-corrected chi connectivity index (χ4v) is 2.73. The van der Waals surface area contributed by atoms with E-state index in [2.05, 4.69) is 39.0 Å². The topological polar surface area (TPSA) is 44.5 Å². The maximum absolute atomic E-state index is 5.88. The zero-order chi connectivity index (χ0) is 14.0. The number of hydrogen-bond donors (Lipinski definition) is 1. The molecule has 106 valence electrons. The molecule has 2 N–H and O–H groups in total. The van der Waals surface area contributed by atoms with Crippen molar-refractivity contribution in [1.82, 2.24) is 0 Å². The summed E-state index contributed by atoms with van der Waals surface area (Å²) in [7, 11) is 1.74. The minimum Gasteiger partial charge on any atom is -0.496 e. The van der Waals surface area contributed by atoms with Crippen LogP contribution in [0.4, 0.5) is 0 Å². The van der Waals surface area contributed by atoms with Gasteiger partial charge in [-0.1, -0.05) is 32.9 Å². The molecule has 1 unspecified atom stereocenters. The van der Waals surface area contributed by atoms with Gasteiger partial charge in [0.1, 0.15) is 5.75 Å². The molecule has 1 aromatic carbocycles. The quantitative estimate of drug-likeness (QED) is 0.888. The van der Waals surface area contributed by atoms with E-state index in [1.165, 1.54) is 11.1 Å². The Balaban J connectivity index is 2.43. The summed E-state index contributed by atoms with van der Waals surface area (Å²) >= 11 is 0. The average Bonchev–Trinajstić information content (AvgIpc) is 2.37. The molecule has 1 aliphatic heterocycles. The second-order valence-corrected chi connectivity index (χ2v) is 5.90. The zero-order valence-corrected chi connectivity index (χ0v) is 12.4. The van der Waals surface area contributed by atoms with Gasteiger partial charge in [0.15, 0.2) is 0 Å². The zero-order valence-electron chi connectivity index (χ0n) is 12.4. The second kappa shape index (κ2) is 5.51. The van der Waals surface area contributed by atoms with Crippen LogP contribution in [0.2, 0.25) is 0 Å². The van der Waals surface area contributed by atoms with Gasteiger partial charge in [0.25, 0.3) is 0 Å². The van der Waals surface area contributed by atoms with Crippen molar-refractivity contribution in [1.29, 1.82) is 0 Å². The van der Waals surface area contributed by atoms with Crippen LogP contribution in [0.25, 0.3) is 0 Å². The van der Waals surface area contributed by atoms with Crippen molar-refractivity contribution in [3.63, 3.8) is 0 Å². The summed E-state index contributed by atoms with van der Waals surface area (Å²) in [6.07, 6.45) is 0. The first-order chi connectivity index (χ1) is 9.05. The van der Waals surface area contributed by atoms with E-state index in [1.54, 1.807) is 7.11 Å². The van der Waals surface area contributed by atoms with Gasteiger partial charge < -0.3 is 15.2 Å². The van der Waals surface area contributed by atoms with Gasteiger partial charge in [0, 0.05) is 11.0 Å². The van der Waals surface area contributed by atoms with E-state index in [-0.39, 0.29) is 5.41 Å². The lowest BCUT2D eigenvalue weighted by molar-refractivity contribution is -0.0862. The molecule has 0 aromatic heterocycles. The van der Waals surface area contributed by atoms with Gasteiger partial charge in [-0.3, -0.25) is 0 Å². The molecule has 1 saturated heterocycles. The van der Waals surface area contributed by atoms with Crippen LogP contribution in [-0.4, -0.2) is 26.9 Å². The Hall–Kier alpha value is -1.06. The van der Waals surface area contributed by atoms with Crippen molar-refractivity contribution in [2.75, 3.05) is 26.9 Å². The first-order valence-electron chi connectivity index (χ1n) is 7.01. The Morgan fingerprint density at radius 2 is 2.00 bits per heavy atom. The summed E-state index contributed by atoms with van der Waals surface area (Å²) in [5.74, 6) is 1.86. The normalized spacial score (nSPS) is 19.1. The van der Waals surface area contributed by atoms with E-state index in [0.717, 1.165) is 19.0 Å². The van der Waals surface area contributed by atoms with E-state index < -0.39 is 0 Å². The Morgan fingerprint density at radius 3 is 2.42 bits per heavy atom. The Morgan fingerprint density at radius 1 is 1.32 bits per heavy atom. The molecule has 2 rings (SSSR count). The van der Waals surface area contributed by atoms with Crippen molar-refractivity contribution in [2.45, 2.75) is 32.1 Å². The molecule has 1 aliphatic rings. The van der Waals surface area contributed by atoms with Crippen molar-refractivity contribution >= 4 is 0 Å². The highest BCUT2D eigenvalue weighted by atomic mass is 16.5. The number of benzene rings is 1.